The van der Waals surface area contributed by atoms with Gasteiger partial charge in [-0.15, -0.1) is 0 Å². The molecule has 0 aromatic heterocycles. The highest BCUT2D eigenvalue weighted by atomic mass is 16.5. The van der Waals surface area contributed by atoms with Crippen molar-refractivity contribution in [3.05, 3.63) is 17.7 Å². The lowest BCUT2D eigenvalue weighted by Crippen LogP contribution is -2.29. The van der Waals surface area contributed by atoms with E-state index in [0.29, 0.717) is 22.7 Å². The molecule has 5 heteroatoms. The van der Waals surface area contributed by atoms with E-state index in [2.05, 4.69) is 19.2 Å². The SMILES string of the molecule is COc1cc(N)c(C(=O)NC2CC2(C)C)cc1OC. The fourth-order valence-corrected chi connectivity index (χ4v) is 2.04. The third kappa shape index (κ3) is 2.59. The largest absolute Gasteiger partial charge is 0.493 e. The number of carbonyl (C=O) groups is 1. The first kappa shape index (κ1) is 13.5. The number of nitrogens with one attached hydrogen (secondary N) is 1. The molecule has 1 saturated carbocycles. The number of anilines is 1. The molecule has 5 nitrogen and oxygen atoms in total. The van der Waals surface area contributed by atoms with Gasteiger partial charge in [0.2, 0.25) is 0 Å². The molecule has 0 bridgehead atoms. The Hall–Kier alpha value is -1.91. The molecule has 0 radical (unpaired) electrons. The van der Waals surface area contributed by atoms with Gasteiger partial charge in [-0.25, -0.2) is 0 Å². The van der Waals surface area contributed by atoms with Gasteiger partial charge in [0.05, 0.1) is 19.8 Å². The lowest BCUT2D eigenvalue weighted by atomic mass is 10.1. The van der Waals surface area contributed by atoms with Crippen LogP contribution in [0.2, 0.25) is 0 Å². The third-order valence-electron chi connectivity index (χ3n) is 3.62. The van der Waals surface area contributed by atoms with Crippen LogP contribution in [-0.2, 0) is 0 Å². The molecule has 1 aliphatic carbocycles. The van der Waals surface area contributed by atoms with Crippen LogP contribution in [0.25, 0.3) is 0 Å². The number of carbonyl (C=O) groups excluding carboxylic acids is 1. The minimum atomic E-state index is -0.172. The Balaban J connectivity index is 2.22. The molecule has 2 rings (SSSR count). The monoisotopic (exact) mass is 264 g/mol. The van der Waals surface area contributed by atoms with Gasteiger partial charge < -0.3 is 20.5 Å². The predicted octanol–water partition coefficient (Wildman–Crippen LogP) is 1.81. The van der Waals surface area contributed by atoms with Crippen LogP contribution in [0, 0.1) is 5.41 Å². The summed E-state index contributed by atoms with van der Waals surface area (Å²) < 4.78 is 10.3. The number of hydrogen-bond acceptors (Lipinski definition) is 4. The topological polar surface area (TPSA) is 73.6 Å². The van der Waals surface area contributed by atoms with Crippen molar-refractivity contribution >= 4 is 11.6 Å². The fraction of sp³-hybridized carbons (Fsp3) is 0.500. The molecule has 104 valence electrons. The van der Waals surface area contributed by atoms with E-state index in [1.54, 1.807) is 12.1 Å². The third-order valence-corrected chi connectivity index (χ3v) is 3.62. The molecular weight excluding hydrogens is 244 g/mol. The van der Waals surface area contributed by atoms with E-state index >= 15 is 0 Å². The summed E-state index contributed by atoms with van der Waals surface area (Å²) in [6, 6.07) is 3.43. The van der Waals surface area contributed by atoms with Crippen LogP contribution in [0.4, 0.5) is 5.69 Å². The Bertz CT molecular complexity index is 512. The van der Waals surface area contributed by atoms with Gasteiger partial charge >= 0.3 is 0 Å². The fourth-order valence-electron chi connectivity index (χ4n) is 2.04. The average molecular weight is 264 g/mol. The van der Waals surface area contributed by atoms with E-state index in [0.717, 1.165) is 6.42 Å². The summed E-state index contributed by atoms with van der Waals surface area (Å²) in [5.74, 6) is 0.842. The van der Waals surface area contributed by atoms with Crippen molar-refractivity contribution in [2.75, 3.05) is 20.0 Å². The van der Waals surface area contributed by atoms with Crippen molar-refractivity contribution < 1.29 is 14.3 Å². The summed E-state index contributed by atoms with van der Waals surface area (Å²) in [5, 5.41) is 2.97. The molecule has 1 atom stereocenters. The zero-order valence-electron chi connectivity index (χ0n) is 11.7. The number of hydrogen-bond donors (Lipinski definition) is 2. The van der Waals surface area contributed by atoms with E-state index in [1.165, 1.54) is 14.2 Å². The molecule has 19 heavy (non-hydrogen) atoms. The van der Waals surface area contributed by atoms with E-state index in [4.69, 9.17) is 15.2 Å². The number of rotatable bonds is 4. The lowest BCUT2D eigenvalue weighted by Gasteiger charge is -2.13. The molecule has 1 aromatic carbocycles. The minimum Gasteiger partial charge on any atom is -0.493 e. The van der Waals surface area contributed by atoms with Gasteiger partial charge in [-0.2, -0.15) is 0 Å². The second kappa shape index (κ2) is 4.64. The Morgan fingerprint density at radius 2 is 1.84 bits per heavy atom. The maximum atomic E-state index is 12.2. The number of benzene rings is 1. The highest BCUT2D eigenvalue weighted by Gasteiger charge is 2.46. The molecular formula is C14H20N2O3. The maximum Gasteiger partial charge on any atom is 0.253 e. The van der Waals surface area contributed by atoms with Gasteiger partial charge in [0, 0.05) is 17.8 Å². The van der Waals surface area contributed by atoms with Crippen LogP contribution in [0.15, 0.2) is 12.1 Å². The van der Waals surface area contributed by atoms with Crippen molar-refractivity contribution in [2.45, 2.75) is 26.3 Å². The summed E-state index contributed by atoms with van der Waals surface area (Å²) in [6.45, 7) is 4.24. The summed E-state index contributed by atoms with van der Waals surface area (Å²) in [6.07, 6.45) is 0.992. The van der Waals surface area contributed by atoms with Crippen LogP contribution >= 0.6 is 0 Å². The van der Waals surface area contributed by atoms with Crippen molar-refractivity contribution in [2.24, 2.45) is 5.41 Å². The molecule has 0 aliphatic heterocycles. The summed E-state index contributed by atoms with van der Waals surface area (Å²) in [7, 11) is 3.06. The highest BCUT2D eigenvalue weighted by molar-refractivity contribution is 6.00. The van der Waals surface area contributed by atoms with Gasteiger partial charge in [-0.3, -0.25) is 4.79 Å². The van der Waals surface area contributed by atoms with Crippen LogP contribution in [0.1, 0.15) is 30.6 Å². The smallest absolute Gasteiger partial charge is 0.253 e. The lowest BCUT2D eigenvalue weighted by molar-refractivity contribution is 0.0947. The summed E-state index contributed by atoms with van der Waals surface area (Å²) in [5.41, 5.74) is 6.87. The predicted molar refractivity (Wildman–Crippen MR) is 73.6 cm³/mol. The normalized spacial score (nSPS) is 19.7. The van der Waals surface area contributed by atoms with Crippen LogP contribution in [-0.4, -0.2) is 26.2 Å². The van der Waals surface area contributed by atoms with E-state index in [-0.39, 0.29) is 17.4 Å². The van der Waals surface area contributed by atoms with Crippen molar-refractivity contribution in [3.8, 4) is 11.5 Å². The standard InChI is InChI=1S/C14H20N2O3/c1-14(2)7-12(14)16-13(17)8-5-10(18-3)11(19-4)6-9(8)15/h5-6,12H,7,15H2,1-4H3,(H,16,17). The Kier molecular flexibility index (Phi) is 3.30. The zero-order valence-corrected chi connectivity index (χ0v) is 11.7. The summed E-state index contributed by atoms with van der Waals surface area (Å²) in [4.78, 5) is 12.2. The van der Waals surface area contributed by atoms with Crippen molar-refractivity contribution in [1.29, 1.82) is 0 Å². The van der Waals surface area contributed by atoms with Crippen LogP contribution in [0.5, 0.6) is 11.5 Å². The van der Waals surface area contributed by atoms with Gasteiger partial charge in [0.15, 0.2) is 11.5 Å². The van der Waals surface area contributed by atoms with E-state index in [1.807, 2.05) is 0 Å². The number of methoxy groups -OCH3 is 2. The Morgan fingerprint density at radius 1 is 1.32 bits per heavy atom. The molecule has 0 spiro atoms. The molecule has 1 aliphatic rings. The van der Waals surface area contributed by atoms with Crippen molar-refractivity contribution in [3.63, 3.8) is 0 Å². The number of nitrogen functional groups attached to an aromatic ring is 1. The molecule has 1 fully saturated rings. The molecule has 1 unspecified atom stereocenters. The van der Waals surface area contributed by atoms with Gasteiger partial charge in [0.1, 0.15) is 0 Å². The first-order valence-corrected chi connectivity index (χ1v) is 6.21. The molecule has 1 amide bonds. The van der Waals surface area contributed by atoms with E-state index < -0.39 is 0 Å². The maximum absolute atomic E-state index is 12.2. The zero-order chi connectivity index (χ0) is 14.2. The van der Waals surface area contributed by atoms with E-state index in [9.17, 15) is 4.79 Å². The second-order valence-electron chi connectivity index (χ2n) is 5.51. The quantitative estimate of drug-likeness (QED) is 0.813. The second-order valence-corrected chi connectivity index (χ2v) is 5.51. The van der Waals surface area contributed by atoms with Crippen LogP contribution in [0.3, 0.4) is 0 Å². The molecule has 1 aromatic rings. The minimum absolute atomic E-state index is 0.172. The summed E-state index contributed by atoms with van der Waals surface area (Å²) >= 11 is 0. The van der Waals surface area contributed by atoms with Gasteiger partial charge in [0.25, 0.3) is 5.91 Å². The molecule has 0 heterocycles. The Morgan fingerprint density at radius 3 is 2.32 bits per heavy atom. The number of ether oxygens (including phenoxy) is 2. The number of nitrogens with two attached hydrogens (primary N) is 1. The molecule has 0 saturated heterocycles. The van der Waals surface area contributed by atoms with Crippen LogP contribution < -0.4 is 20.5 Å². The van der Waals surface area contributed by atoms with Gasteiger partial charge in [-0.1, -0.05) is 13.8 Å². The Labute approximate surface area is 113 Å². The molecule has 3 N–H and O–H groups in total. The highest BCUT2D eigenvalue weighted by Crippen LogP contribution is 2.44. The first-order valence-electron chi connectivity index (χ1n) is 6.21. The average Bonchev–Trinajstić information content (AvgIpc) is 2.95. The van der Waals surface area contributed by atoms with Crippen molar-refractivity contribution in [1.82, 2.24) is 5.32 Å². The van der Waals surface area contributed by atoms with Gasteiger partial charge in [-0.05, 0) is 17.9 Å². The number of amides is 1. The first-order chi connectivity index (χ1) is 8.89.